The van der Waals surface area contributed by atoms with E-state index < -0.39 is 10.8 Å². The second-order valence-corrected chi connectivity index (χ2v) is 4.64. The maximum Gasteiger partial charge on any atom is 0.274 e. The van der Waals surface area contributed by atoms with Crippen molar-refractivity contribution >= 4 is 11.6 Å². The van der Waals surface area contributed by atoms with E-state index in [1.54, 1.807) is 6.07 Å². The molecule has 1 aromatic carbocycles. The number of aliphatic hydroxyl groups excluding tert-OH is 1. The van der Waals surface area contributed by atoms with Gasteiger partial charge < -0.3 is 10.8 Å². The molecule has 0 radical (unpaired) electrons. The zero-order chi connectivity index (χ0) is 14.0. The molecule has 1 aromatic rings. The minimum absolute atomic E-state index is 0.113. The lowest BCUT2D eigenvalue weighted by atomic mass is 10.1. The van der Waals surface area contributed by atoms with Gasteiger partial charge >= 0.3 is 0 Å². The molecule has 3 N–H and O–H groups in total. The van der Waals surface area contributed by atoms with Crippen LogP contribution in [0.1, 0.15) is 22.3 Å². The van der Waals surface area contributed by atoms with Crippen LogP contribution < -0.4 is 5.73 Å². The van der Waals surface area contributed by atoms with E-state index in [2.05, 4.69) is 0 Å². The molecule has 0 bridgehead atoms. The molecule has 1 amide bonds. The third-order valence-electron chi connectivity index (χ3n) is 3.21. The van der Waals surface area contributed by atoms with Crippen molar-refractivity contribution < 1.29 is 14.8 Å². The van der Waals surface area contributed by atoms with Gasteiger partial charge in [0, 0.05) is 36.8 Å². The van der Waals surface area contributed by atoms with Gasteiger partial charge in [-0.1, -0.05) is 6.07 Å². The SMILES string of the molecule is NC(=O)c1ccc(CN2CC[C@@H](O)C2)c([N+](=O)[O-])c1. The number of nitrogens with two attached hydrogens (primary N) is 1. The molecule has 0 unspecified atom stereocenters. The molecule has 7 heteroatoms. The van der Waals surface area contributed by atoms with Gasteiger partial charge in [-0.05, 0) is 12.5 Å². The molecular formula is C12H15N3O4. The van der Waals surface area contributed by atoms with E-state index in [0.717, 1.165) is 0 Å². The van der Waals surface area contributed by atoms with Crippen molar-refractivity contribution in [3.63, 3.8) is 0 Å². The summed E-state index contributed by atoms with van der Waals surface area (Å²) in [6, 6.07) is 4.23. The average Bonchev–Trinajstić information content (AvgIpc) is 2.74. The molecule has 0 aromatic heterocycles. The van der Waals surface area contributed by atoms with Gasteiger partial charge in [0.1, 0.15) is 0 Å². The second-order valence-electron chi connectivity index (χ2n) is 4.64. The summed E-state index contributed by atoms with van der Waals surface area (Å²) in [6.07, 6.45) is 0.302. The fourth-order valence-electron chi connectivity index (χ4n) is 2.22. The first-order chi connectivity index (χ1) is 8.97. The van der Waals surface area contributed by atoms with Crippen LogP contribution in [0.5, 0.6) is 0 Å². The monoisotopic (exact) mass is 265 g/mol. The molecule has 0 aliphatic carbocycles. The number of likely N-dealkylation sites (tertiary alicyclic amines) is 1. The summed E-state index contributed by atoms with van der Waals surface area (Å²) in [4.78, 5) is 23.5. The number of nitrogens with zero attached hydrogens (tertiary/aromatic N) is 2. The van der Waals surface area contributed by atoms with Crippen LogP contribution in [0.2, 0.25) is 0 Å². The van der Waals surface area contributed by atoms with Crippen LogP contribution in [0, 0.1) is 10.1 Å². The number of aliphatic hydroxyl groups is 1. The molecule has 19 heavy (non-hydrogen) atoms. The predicted molar refractivity (Wildman–Crippen MR) is 67.5 cm³/mol. The largest absolute Gasteiger partial charge is 0.392 e. The van der Waals surface area contributed by atoms with Crippen molar-refractivity contribution in [3.05, 3.63) is 39.4 Å². The normalized spacial score (nSPS) is 19.5. The Kier molecular flexibility index (Phi) is 3.77. The van der Waals surface area contributed by atoms with E-state index in [4.69, 9.17) is 5.73 Å². The number of carbonyl (C=O) groups excluding carboxylic acids is 1. The summed E-state index contributed by atoms with van der Waals surface area (Å²) in [5.74, 6) is -0.689. The van der Waals surface area contributed by atoms with Gasteiger partial charge in [0.15, 0.2) is 0 Å². The summed E-state index contributed by atoms with van der Waals surface area (Å²) in [7, 11) is 0. The van der Waals surface area contributed by atoms with E-state index in [9.17, 15) is 20.0 Å². The van der Waals surface area contributed by atoms with Crippen LogP contribution in [0.4, 0.5) is 5.69 Å². The highest BCUT2D eigenvalue weighted by Gasteiger charge is 2.24. The van der Waals surface area contributed by atoms with E-state index in [1.807, 2.05) is 4.90 Å². The number of β-amino-alcohol motifs (C(OH)–C–C–N with tert-alkyl or cyclic N) is 1. The molecule has 1 fully saturated rings. The summed E-state index contributed by atoms with van der Waals surface area (Å²) in [5.41, 5.74) is 5.64. The Morgan fingerprint density at radius 3 is 2.84 bits per heavy atom. The first-order valence-electron chi connectivity index (χ1n) is 5.95. The van der Waals surface area contributed by atoms with Crippen LogP contribution in [0.3, 0.4) is 0 Å². The lowest BCUT2D eigenvalue weighted by Crippen LogP contribution is -2.22. The van der Waals surface area contributed by atoms with Gasteiger partial charge in [-0.3, -0.25) is 19.8 Å². The van der Waals surface area contributed by atoms with E-state index in [0.29, 0.717) is 31.6 Å². The number of nitro benzene ring substituents is 1. The Hall–Kier alpha value is -1.99. The number of hydrogen-bond acceptors (Lipinski definition) is 5. The fraction of sp³-hybridized carbons (Fsp3) is 0.417. The van der Waals surface area contributed by atoms with E-state index in [-0.39, 0.29) is 17.4 Å². The number of nitro groups is 1. The first kappa shape index (κ1) is 13.4. The van der Waals surface area contributed by atoms with Crippen LogP contribution >= 0.6 is 0 Å². The molecule has 1 aliphatic heterocycles. The number of benzene rings is 1. The Morgan fingerprint density at radius 2 is 2.32 bits per heavy atom. The number of rotatable bonds is 4. The number of amides is 1. The maximum absolute atomic E-state index is 11.0. The molecular weight excluding hydrogens is 250 g/mol. The minimum atomic E-state index is -0.689. The zero-order valence-electron chi connectivity index (χ0n) is 10.3. The van der Waals surface area contributed by atoms with Crippen molar-refractivity contribution in [3.8, 4) is 0 Å². The predicted octanol–water partition coefficient (Wildman–Crippen LogP) is 0.260. The fourth-order valence-corrected chi connectivity index (χ4v) is 2.22. The molecule has 1 aliphatic rings. The first-order valence-corrected chi connectivity index (χ1v) is 5.95. The van der Waals surface area contributed by atoms with Gasteiger partial charge in [-0.2, -0.15) is 0 Å². The highest BCUT2D eigenvalue weighted by molar-refractivity contribution is 5.93. The van der Waals surface area contributed by atoms with Gasteiger partial charge in [-0.25, -0.2) is 0 Å². The molecule has 0 spiro atoms. The maximum atomic E-state index is 11.0. The number of carbonyl (C=O) groups is 1. The van der Waals surface area contributed by atoms with Crippen molar-refractivity contribution in [1.82, 2.24) is 4.90 Å². The molecule has 1 atom stereocenters. The minimum Gasteiger partial charge on any atom is -0.392 e. The van der Waals surface area contributed by atoms with Crippen LogP contribution in [0.15, 0.2) is 18.2 Å². The summed E-state index contributed by atoms with van der Waals surface area (Å²) < 4.78 is 0. The zero-order valence-corrected chi connectivity index (χ0v) is 10.3. The van der Waals surface area contributed by atoms with Gasteiger partial charge in [0.2, 0.25) is 5.91 Å². The summed E-state index contributed by atoms with van der Waals surface area (Å²) in [5, 5.41) is 20.5. The molecule has 2 rings (SSSR count). The highest BCUT2D eigenvalue weighted by atomic mass is 16.6. The van der Waals surface area contributed by atoms with Crippen molar-refractivity contribution in [1.29, 1.82) is 0 Å². The van der Waals surface area contributed by atoms with Gasteiger partial charge in [0.25, 0.3) is 5.69 Å². The smallest absolute Gasteiger partial charge is 0.274 e. The molecule has 1 heterocycles. The second kappa shape index (κ2) is 5.33. The summed E-state index contributed by atoms with van der Waals surface area (Å²) in [6.45, 7) is 1.59. The molecule has 102 valence electrons. The third-order valence-corrected chi connectivity index (χ3v) is 3.21. The van der Waals surface area contributed by atoms with Crippen molar-refractivity contribution in [2.75, 3.05) is 13.1 Å². The Bertz CT molecular complexity index is 518. The molecule has 0 saturated carbocycles. The average molecular weight is 265 g/mol. The lowest BCUT2D eigenvalue weighted by Gasteiger charge is -2.15. The van der Waals surface area contributed by atoms with Gasteiger partial charge in [-0.15, -0.1) is 0 Å². The van der Waals surface area contributed by atoms with E-state index >= 15 is 0 Å². The highest BCUT2D eigenvalue weighted by Crippen LogP contribution is 2.23. The Balaban J connectivity index is 2.24. The topological polar surface area (TPSA) is 110 Å². The van der Waals surface area contributed by atoms with Crippen molar-refractivity contribution in [2.24, 2.45) is 5.73 Å². The quantitative estimate of drug-likeness (QED) is 0.599. The van der Waals surface area contributed by atoms with Gasteiger partial charge in [0.05, 0.1) is 11.0 Å². The number of hydrogen-bond donors (Lipinski definition) is 2. The third kappa shape index (κ3) is 3.07. The number of primary amides is 1. The summed E-state index contributed by atoms with van der Waals surface area (Å²) >= 11 is 0. The van der Waals surface area contributed by atoms with Crippen LogP contribution in [-0.4, -0.2) is 40.0 Å². The molecule has 7 nitrogen and oxygen atoms in total. The van der Waals surface area contributed by atoms with Crippen LogP contribution in [-0.2, 0) is 6.54 Å². The van der Waals surface area contributed by atoms with Crippen LogP contribution in [0.25, 0.3) is 0 Å². The van der Waals surface area contributed by atoms with Crippen molar-refractivity contribution in [2.45, 2.75) is 19.1 Å². The lowest BCUT2D eigenvalue weighted by molar-refractivity contribution is -0.385. The Morgan fingerprint density at radius 1 is 1.58 bits per heavy atom. The Labute approximate surface area is 109 Å². The standard InChI is InChI=1S/C12H15N3O4/c13-12(17)8-1-2-9(11(5-8)15(18)19)6-14-4-3-10(16)7-14/h1-2,5,10,16H,3-4,6-7H2,(H2,13,17)/t10-/m1/s1. The molecule has 1 saturated heterocycles. The van der Waals surface area contributed by atoms with E-state index in [1.165, 1.54) is 12.1 Å².